The molecule has 0 spiro atoms. The van der Waals surface area contributed by atoms with Crippen LogP contribution in [-0.2, 0) is 0 Å². The second kappa shape index (κ2) is 6.23. The van der Waals surface area contributed by atoms with Crippen molar-refractivity contribution in [2.45, 2.75) is 57.9 Å². The first-order chi connectivity index (χ1) is 8.31. The molecule has 1 aliphatic carbocycles. The number of hydrogen-bond donors (Lipinski definition) is 0. The van der Waals surface area contributed by atoms with E-state index >= 15 is 0 Å². The summed E-state index contributed by atoms with van der Waals surface area (Å²) in [5.74, 6) is 2.13. The molecule has 1 saturated carbocycles. The van der Waals surface area contributed by atoms with Crippen LogP contribution in [0.1, 0.15) is 51.9 Å². The maximum atomic E-state index is 4.92. The lowest BCUT2D eigenvalue weighted by molar-refractivity contribution is 0.403. The van der Waals surface area contributed by atoms with Crippen molar-refractivity contribution in [1.82, 2.24) is 4.90 Å². The van der Waals surface area contributed by atoms with E-state index in [1.54, 1.807) is 0 Å². The van der Waals surface area contributed by atoms with Crippen molar-refractivity contribution < 1.29 is 0 Å². The number of unbranched alkanes of at least 4 members (excludes halogenated alkanes) is 1. The molecule has 1 aliphatic heterocycles. The molecule has 96 valence electrons. The smallest absolute Gasteiger partial charge is 0.103 e. The lowest BCUT2D eigenvalue weighted by Gasteiger charge is -2.26. The molecular weight excluding hydrogens is 208 g/mol. The monoisotopic (exact) mass is 234 g/mol. The van der Waals surface area contributed by atoms with Crippen molar-refractivity contribution in [1.29, 1.82) is 0 Å². The van der Waals surface area contributed by atoms with Gasteiger partial charge in [-0.05, 0) is 19.3 Å². The fourth-order valence-corrected chi connectivity index (χ4v) is 2.99. The van der Waals surface area contributed by atoms with E-state index in [0.717, 1.165) is 12.5 Å². The minimum atomic E-state index is 0.420. The van der Waals surface area contributed by atoms with Gasteiger partial charge in [0.05, 0.1) is 6.04 Å². The zero-order valence-corrected chi connectivity index (χ0v) is 11.4. The summed E-state index contributed by atoms with van der Waals surface area (Å²) < 4.78 is 0. The molecule has 0 aromatic rings. The second-order valence-corrected chi connectivity index (χ2v) is 5.49. The van der Waals surface area contributed by atoms with Gasteiger partial charge in [0.15, 0.2) is 0 Å². The van der Waals surface area contributed by atoms with E-state index < -0.39 is 0 Å². The van der Waals surface area contributed by atoms with Crippen LogP contribution in [0.2, 0.25) is 0 Å². The highest BCUT2D eigenvalue weighted by molar-refractivity contribution is 5.86. The van der Waals surface area contributed by atoms with Crippen molar-refractivity contribution in [3.05, 3.63) is 12.2 Å². The molecule has 1 fully saturated rings. The van der Waals surface area contributed by atoms with Crippen molar-refractivity contribution in [3.63, 3.8) is 0 Å². The minimum absolute atomic E-state index is 0.420. The van der Waals surface area contributed by atoms with Crippen LogP contribution in [0.5, 0.6) is 0 Å². The molecule has 2 rings (SSSR count). The van der Waals surface area contributed by atoms with E-state index in [2.05, 4.69) is 31.0 Å². The molecule has 0 saturated heterocycles. The molecule has 1 heterocycles. The maximum Gasteiger partial charge on any atom is 0.103 e. The third-order valence-electron chi connectivity index (χ3n) is 3.93. The number of rotatable bonds is 4. The first-order valence-electron chi connectivity index (χ1n) is 7.26. The Bertz CT molecular complexity index is 287. The number of hydrogen-bond acceptors (Lipinski definition) is 2. The van der Waals surface area contributed by atoms with Crippen molar-refractivity contribution in [2.75, 3.05) is 13.6 Å². The van der Waals surface area contributed by atoms with E-state index in [1.165, 1.54) is 50.8 Å². The Morgan fingerprint density at radius 2 is 2.06 bits per heavy atom. The lowest BCUT2D eigenvalue weighted by Crippen LogP contribution is -2.31. The quantitative estimate of drug-likeness (QED) is 0.678. The Hall–Kier alpha value is -0.790. The second-order valence-electron chi connectivity index (χ2n) is 5.49. The topological polar surface area (TPSA) is 15.6 Å². The van der Waals surface area contributed by atoms with E-state index in [9.17, 15) is 0 Å². The van der Waals surface area contributed by atoms with Crippen LogP contribution < -0.4 is 0 Å². The lowest BCUT2D eigenvalue weighted by atomic mass is 9.88. The van der Waals surface area contributed by atoms with Gasteiger partial charge in [-0.25, -0.2) is 0 Å². The summed E-state index contributed by atoms with van der Waals surface area (Å²) in [6.45, 7) is 3.31. The number of nitrogens with zero attached hydrogens (tertiary/aromatic N) is 2. The van der Waals surface area contributed by atoms with Crippen LogP contribution >= 0.6 is 0 Å². The highest BCUT2D eigenvalue weighted by Gasteiger charge is 2.27. The molecular formula is C15H26N2. The Labute approximate surface area is 106 Å². The van der Waals surface area contributed by atoms with Gasteiger partial charge in [-0.3, -0.25) is 4.99 Å². The van der Waals surface area contributed by atoms with Crippen LogP contribution in [-0.4, -0.2) is 30.4 Å². The molecule has 0 aromatic carbocycles. The van der Waals surface area contributed by atoms with Crippen LogP contribution in [0.25, 0.3) is 0 Å². The van der Waals surface area contributed by atoms with E-state index in [-0.39, 0.29) is 0 Å². The average molecular weight is 234 g/mol. The molecule has 1 unspecified atom stereocenters. The summed E-state index contributed by atoms with van der Waals surface area (Å²) in [7, 11) is 2.21. The molecule has 0 bridgehead atoms. The largest absolute Gasteiger partial charge is 0.361 e. The zero-order valence-electron chi connectivity index (χ0n) is 11.4. The Balaban J connectivity index is 1.93. The predicted octanol–water partition coefficient (Wildman–Crippen LogP) is 3.64. The van der Waals surface area contributed by atoms with E-state index in [0.29, 0.717) is 6.04 Å². The highest BCUT2D eigenvalue weighted by atomic mass is 15.2. The van der Waals surface area contributed by atoms with Crippen molar-refractivity contribution in [3.8, 4) is 0 Å². The highest BCUT2D eigenvalue weighted by Crippen LogP contribution is 2.28. The standard InChI is InChI=1S/C15H26N2/c1-3-4-6-11-14-12-17(2)15(16-14)13-9-7-5-8-10-13/h6,11,13-14H,3-5,7-10,12H2,1-2H3/b11-6-. The molecule has 0 N–H and O–H groups in total. The maximum absolute atomic E-state index is 4.92. The Morgan fingerprint density at radius 3 is 2.76 bits per heavy atom. The van der Waals surface area contributed by atoms with Crippen LogP contribution in [0.4, 0.5) is 0 Å². The fraction of sp³-hybridized carbons (Fsp3) is 0.800. The molecule has 0 amide bonds. The van der Waals surface area contributed by atoms with Gasteiger partial charge in [-0.15, -0.1) is 0 Å². The molecule has 0 aromatic heterocycles. The van der Waals surface area contributed by atoms with Gasteiger partial charge in [-0.1, -0.05) is 44.8 Å². The number of likely N-dealkylation sites (N-methyl/N-ethyl adjacent to an activating group) is 1. The van der Waals surface area contributed by atoms with Gasteiger partial charge in [-0.2, -0.15) is 0 Å². The number of aliphatic imine (C=N–C) groups is 1. The zero-order chi connectivity index (χ0) is 12.1. The molecule has 2 nitrogen and oxygen atoms in total. The van der Waals surface area contributed by atoms with Gasteiger partial charge in [0.2, 0.25) is 0 Å². The minimum Gasteiger partial charge on any atom is -0.361 e. The van der Waals surface area contributed by atoms with E-state index in [4.69, 9.17) is 4.99 Å². The third-order valence-corrected chi connectivity index (χ3v) is 3.93. The van der Waals surface area contributed by atoms with Crippen molar-refractivity contribution >= 4 is 5.84 Å². The normalized spacial score (nSPS) is 26.8. The summed E-state index contributed by atoms with van der Waals surface area (Å²) in [5, 5.41) is 0. The molecule has 2 aliphatic rings. The van der Waals surface area contributed by atoms with Gasteiger partial charge in [0.25, 0.3) is 0 Å². The number of amidine groups is 1. The van der Waals surface area contributed by atoms with Crippen LogP contribution in [0.15, 0.2) is 17.1 Å². The summed E-state index contributed by atoms with van der Waals surface area (Å²) in [4.78, 5) is 7.31. The molecule has 17 heavy (non-hydrogen) atoms. The van der Waals surface area contributed by atoms with Gasteiger partial charge in [0.1, 0.15) is 5.84 Å². The summed E-state index contributed by atoms with van der Waals surface area (Å²) in [5.41, 5.74) is 0. The Morgan fingerprint density at radius 1 is 1.29 bits per heavy atom. The average Bonchev–Trinajstić information content (AvgIpc) is 2.72. The summed E-state index contributed by atoms with van der Waals surface area (Å²) in [6.07, 6.45) is 14.0. The van der Waals surface area contributed by atoms with E-state index in [1.807, 2.05) is 0 Å². The fourth-order valence-electron chi connectivity index (χ4n) is 2.99. The molecule has 0 radical (unpaired) electrons. The SMILES string of the molecule is CCC/C=C\C1CN(C)C(C2CCCCC2)=N1. The van der Waals surface area contributed by atoms with Crippen LogP contribution in [0.3, 0.4) is 0 Å². The number of allylic oxidation sites excluding steroid dienone is 1. The molecule has 2 heteroatoms. The molecule has 1 atom stereocenters. The third kappa shape index (κ3) is 3.34. The predicted molar refractivity (Wildman–Crippen MR) is 74.5 cm³/mol. The summed E-state index contributed by atoms with van der Waals surface area (Å²) in [6, 6.07) is 0.420. The Kier molecular flexibility index (Phi) is 4.64. The summed E-state index contributed by atoms with van der Waals surface area (Å²) >= 11 is 0. The van der Waals surface area contributed by atoms with Gasteiger partial charge in [0, 0.05) is 19.5 Å². The van der Waals surface area contributed by atoms with Gasteiger partial charge >= 0.3 is 0 Å². The van der Waals surface area contributed by atoms with Crippen molar-refractivity contribution in [2.24, 2.45) is 10.9 Å². The first kappa shape index (κ1) is 12.7. The van der Waals surface area contributed by atoms with Gasteiger partial charge < -0.3 is 4.90 Å². The first-order valence-corrected chi connectivity index (χ1v) is 7.26. The van der Waals surface area contributed by atoms with Crippen LogP contribution in [0, 0.1) is 5.92 Å².